The van der Waals surface area contributed by atoms with Gasteiger partial charge in [-0.2, -0.15) is 0 Å². The number of thiol groups is 1. The third kappa shape index (κ3) is 2.40. The Hall–Kier alpha value is -1.20. The maximum atomic E-state index is 11.3. The molecule has 0 heterocycles. The van der Waals surface area contributed by atoms with Crippen LogP contribution in [0.3, 0.4) is 0 Å². The van der Waals surface area contributed by atoms with Crippen molar-refractivity contribution in [1.29, 1.82) is 0 Å². The van der Waals surface area contributed by atoms with Crippen LogP contribution in [0.15, 0.2) is 23.1 Å². The lowest BCUT2D eigenvalue weighted by molar-refractivity contribution is 0.0526. The van der Waals surface area contributed by atoms with E-state index in [0.717, 1.165) is 0 Å². The SMILES string of the molecule is CCOC(=O)c1ccc(NN)c(S)c1. The summed E-state index contributed by atoms with van der Waals surface area (Å²) in [5.74, 6) is 4.87. The van der Waals surface area contributed by atoms with Crippen molar-refractivity contribution in [3.05, 3.63) is 23.8 Å². The molecule has 4 nitrogen and oxygen atoms in total. The second-order valence-corrected chi connectivity index (χ2v) is 3.08. The van der Waals surface area contributed by atoms with Crippen molar-refractivity contribution in [2.45, 2.75) is 11.8 Å². The first-order chi connectivity index (χ1) is 6.69. The average molecular weight is 212 g/mol. The quantitative estimate of drug-likeness (QED) is 0.307. The molecule has 0 saturated carbocycles. The van der Waals surface area contributed by atoms with Crippen LogP contribution < -0.4 is 11.3 Å². The maximum Gasteiger partial charge on any atom is 0.338 e. The molecule has 0 amide bonds. The fraction of sp³-hybridized carbons (Fsp3) is 0.222. The standard InChI is InChI=1S/C9H12N2O2S/c1-2-13-9(12)6-3-4-7(11-10)8(14)5-6/h3-5,11,14H,2,10H2,1H3. The van der Waals surface area contributed by atoms with Crippen LogP contribution in [0.4, 0.5) is 5.69 Å². The third-order valence-electron chi connectivity index (χ3n) is 1.66. The average Bonchev–Trinajstić information content (AvgIpc) is 2.18. The number of ether oxygens (including phenoxy) is 1. The molecular formula is C9H12N2O2S. The van der Waals surface area contributed by atoms with Crippen LogP contribution in [0, 0.1) is 0 Å². The molecule has 0 bridgehead atoms. The Bertz CT molecular complexity index is 342. The Balaban J connectivity index is 2.91. The normalized spacial score (nSPS) is 9.64. The maximum absolute atomic E-state index is 11.3. The lowest BCUT2D eigenvalue weighted by Gasteiger charge is -2.06. The molecule has 5 heteroatoms. The molecule has 1 rings (SSSR count). The first kappa shape index (κ1) is 10.9. The van der Waals surface area contributed by atoms with Crippen molar-refractivity contribution in [3.8, 4) is 0 Å². The van der Waals surface area contributed by atoms with Crippen LogP contribution in [-0.2, 0) is 4.74 Å². The van der Waals surface area contributed by atoms with Gasteiger partial charge in [0.1, 0.15) is 0 Å². The van der Waals surface area contributed by atoms with Gasteiger partial charge in [-0.1, -0.05) is 0 Å². The number of nitrogens with two attached hydrogens (primary N) is 1. The highest BCUT2D eigenvalue weighted by molar-refractivity contribution is 7.80. The Morgan fingerprint density at radius 2 is 2.36 bits per heavy atom. The van der Waals surface area contributed by atoms with Gasteiger partial charge in [0.2, 0.25) is 0 Å². The summed E-state index contributed by atoms with van der Waals surface area (Å²) >= 11 is 4.16. The van der Waals surface area contributed by atoms with Crippen LogP contribution >= 0.6 is 12.6 Å². The molecule has 0 saturated heterocycles. The minimum absolute atomic E-state index is 0.355. The molecule has 0 unspecified atom stereocenters. The van der Waals surface area contributed by atoms with E-state index in [2.05, 4.69) is 18.1 Å². The number of hydrazine groups is 1. The van der Waals surface area contributed by atoms with Gasteiger partial charge in [-0.15, -0.1) is 12.6 Å². The highest BCUT2D eigenvalue weighted by Crippen LogP contribution is 2.20. The zero-order valence-corrected chi connectivity index (χ0v) is 8.67. The number of anilines is 1. The zero-order chi connectivity index (χ0) is 10.6. The van der Waals surface area contributed by atoms with Crippen LogP contribution in [0.2, 0.25) is 0 Å². The molecule has 14 heavy (non-hydrogen) atoms. The Kier molecular flexibility index (Phi) is 3.79. The van der Waals surface area contributed by atoms with Gasteiger partial charge in [-0.25, -0.2) is 4.79 Å². The highest BCUT2D eigenvalue weighted by Gasteiger charge is 2.07. The Labute approximate surface area is 87.8 Å². The molecule has 3 N–H and O–H groups in total. The molecule has 0 radical (unpaired) electrons. The van der Waals surface area contributed by atoms with E-state index in [9.17, 15) is 4.79 Å². The highest BCUT2D eigenvalue weighted by atomic mass is 32.1. The molecule has 0 aromatic heterocycles. The smallest absolute Gasteiger partial charge is 0.338 e. The van der Waals surface area contributed by atoms with Crippen LogP contribution in [-0.4, -0.2) is 12.6 Å². The van der Waals surface area contributed by atoms with Gasteiger partial charge < -0.3 is 10.2 Å². The number of nitrogens with one attached hydrogen (secondary N) is 1. The number of benzene rings is 1. The lowest BCUT2D eigenvalue weighted by atomic mass is 10.2. The molecular weight excluding hydrogens is 200 g/mol. The number of hydrogen-bond acceptors (Lipinski definition) is 5. The van der Waals surface area contributed by atoms with Crippen LogP contribution in [0.5, 0.6) is 0 Å². The first-order valence-electron chi connectivity index (χ1n) is 4.15. The second-order valence-electron chi connectivity index (χ2n) is 2.60. The van der Waals surface area contributed by atoms with Crippen molar-refractivity contribution in [2.75, 3.05) is 12.0 Å². The van der Waals surface area contributed by atoms with Crippen LogP contribution in [0.25, 0.3) is 0 Å². The zero-order valence-electron chi connectivity index (χ0n) is 7.78. The Morgan fingerprint density at radius 3 is 2.86 bits per heavy atom. The van der Waals surface area contributed by atoms with Gasteiger partial charge in [0.25, 0.3) is 0 Å². The summed E-state index contributed by atoms with van der Waals surface area (Å²) in [5, 5.41) is 0. The molecule has 0 aliphatic rings. The fourth-order valence-electron chi connectivity index (χ4n) is 0.995. The summed E-state index contributed by atoms with van der Waals surface area (Å²) in [6.45, 7) is 2.12. The molecule has 0 aliphatic heterocycles. The molecule has 0 fully saturated rings. The van der Waals surface area contributed by atoms with E-state index in [0.29, 0.717) is 22.8 Å². The number of hydrogen-bond donors (Lipinski definition) is 3. The summed E-state index contributed by atoms with van der Waals surface area (Å²) in [7, 11) is 0. The van der Waals surface area contributed by atoms with Crippen molar-refractivity contribution in [2.24, 2.45) is 5.84 Å². The van der Waals surface area contributed by atoms with Crippen molar-refractivity contribution in [1.82, 2.24) is 0 Å². The molecule has 0 spiro atoms. The third-order valence-corrected chi connectivity index (χ3v) is 2.03. The summed E-state index contributed by atoms with van der Waals surface area (Å²) in [6, 6.07) is 4.91. The predicted octanol–water partition coefficient (Wildman–Crippen LogP) is 1.44. The van der Waals surface area contributed by atoms with E-state index in [1.54, 1.807) is 25.1 Å². The van der Waals surface area contributed by atoms with Gasteiger partial charge in [0.05, 0.1) is 17.9 Å². The molecule has 0 atom stereocenters. The number of carbonyl (C=O) groups excluding carboxylic acids is 1. The fourth-order valence-corrected chi connectivity index (χ4v) is 1.27. The molecule has 1 aromatic rings. The summed E-state index contributed by atoms with van der Waals surface area (Å²) < 4.78 is 4.83. The van der Waals surface area contributed by atoms with Crippen molar-refractivity contribution in [3.63, 3.8) is 0 Å². The van der Waals surface area contributed by atoms with Gasteiger partial charge in [-0.05, 0) is 25.1 Å². The van der Waals surface area contributed by atoms with Crippen LogP contribution in [0.1, 0.15) is 17.3 Å². The minimum atomic E-state index is -0.355. The molecule has 1 aromatic carbocycles. The van der Waals surface area contributed by atoms with Crippen molar-refractivity contribution >= 4 is 24.3 Å². The summed E-state index contributed by atoms with van der Waals surface area (Å²) in [6.07, 6.45) is 0. The van der Waals surface area contributed by atoms with Gasteiger partial charge >= 0.3 is 5.97 Å². The van der Waals surface area contributed by atoms with E-state index in [-0.39, 0.29) is 5.97 Å². The summed E-state index contributed by atoms with van der Waals surface area (Å²) in [5.41, 5.74) is 3.60. The Morgan fingerprint density at radius 1 is 1.64 bits per heavy atom. The van der Waals surface area contributed by atoms with E-state index in [1.807, 2.05) is 0 Å². The lowest BCUT2D eigenvalue weighted by Crippen LogP contribution is -2.09. The molecule has 76 valence electrons. The van der Waals surface area contributed by atoms with Gasteiger partial charge in [0.15, 0.2) is 0 Å². The molecule has 0 aliphatic carbocycles. The topological polar surface area (TPSA) is 64.3 Å². The van der Waals surface area contributed by atoms with E-state index in [1.165, 1.54) is 0 Å². The van der Waals surface area contributed by atoms with Gasteiger partial charge in [-0.3, -0.25) is 5.84 Å². The number of nitrogen functional groups attached to an aromatic ring is 1. The van der Waals surface area contributed by atoms with Gasteiger partial charge in [0, 0.05) is 4.90 Å². The summed E-state index contributed by atoms with van der Waals surface area (Å²) in [4.78, 5) is 11.9. The van der Waals surface area contributed by atoms with E-state index < -0.39 is 0 Å². The van der Waals surface area contributed by atoms with E-state index in [4.69, 9.17) is 10.6 Å². The number of carbonyl (C=O) groups is 1. The first-order valence-corrected chi connectivity index (χ1v) is 4.60. The monoisotopic (exact) mass is 212 g/mol. The minimum Gasteiger partial charge on any atom is -0.462 e. The second kappa shape index (κ2) is 4.88. The largest absolute Gasteiger partial charge is 0.462 e. The predicted molar refractivity (Wildman–Crippen MR) is 57.5 cm³/mol. The van der Waals surface area contributed by atoms with E-state index >= 15 is 0 Å². The number of esters is 1. The number of rotatable bonds is 3. The van der Waals surface area contributed by atoms with Crippen molar-refractivity contribution < 1.29 is 9.53 Å².